The molecule has 1 aromatic carbocycles. The number of nitrogens with two attached hydrogens (primary N) is 1. The van der Waals surface area contributed by atoms with E-state index < -0.39 is 0 Å². The largest absolute Gasteiger partial charge is 0.353 e. The molecular weight excluding hydrogens is 490 g/mol. The number of H-pyrrole nitrogens is 2. The lowest BCUT2D eigenvalue weighted by atomic mass is 10.1. The Morgan fingerprint density at radius 3 is 2.66 bits per heavy atom. The van der Waals surface area contributed by atoms with Crippen LogP contribution in [0.2, 0.25) is 0 Å². The van der Waals surface area contributed by atoms with Crippen molar-refractivity contribution in [2.75, 3.05) is 13.1 Å². The predicted octanol–water partition coefficient (Wildman–Crippen LogP) is 6.46. The fraction of sp³-hybridized carbons (Fsp3) is 0.167. The van der Waals surface area contributed by atoms with E-state index in [4.69, 9.17) is 15.7 Å². The third kappa shape index (κ3) is 4.17. The van der Waals surface area contributed by atoms with E-state index in [2.05, 4.69) is 63.6 Å². The summed E-state index contributed by atoms with van der Waals surface area (Å²) in [7, 11) is 0. The normalized spacial score (nSPS) is 14.9. The Hall–Kier alpha value is -4.27. The van der Waals surface area contributed by atoms with E-state index in [1.807, 2.05) is 38.3 Å². The number of allylic oxidation sites excluding steroid dienone is 2. The number of pyridine rings is 1. The van der Waals surface area contributed by atoms with Gasteiger partial charge in [0.1, 0.15) is 11.5 Å². The van der Waals surface area contributed by atoms with Crippen LogP contribution in [0.4, 0.5) is 0 Å². The molecule has 0 saturated carbocycles. The van der Waals surface area contributed by atoms with Crippen molar-refractivity contribution in [1.29, 1.82) is 0 Å². The molecule has 0 aliphatic carbocycles. The monoisotopic (exact) mass is 519 g/mol. The summed E-state index contributed by atoms with van der Waals surface area (Å²) in [5, 5.41) is 9.94. The Morgan fingerprint density at radius 2 is 1.95 bits per heavy atom. The number of rotatable bonds is 6. The van der Waals surface area contributed by atoms with Gasteiger partial charge in [0, 0.05) is 52.1 Å². The zero-order valence-electron chi connectivity index (χ0n) is 21.5. The molecule has 0 atom stereocenters. The topological polar surface area (TPSA) is 99.0 Å². The summed E-state index contributed by atoms with van der Waals surface area (Å²) in [6.45, 7) is 13.6. The van der Waals surface area contributed by atoms with Gasteiger partial charge in [-0.25, -0.2) is 4.99 Å². The van der Waals surface area contributed by atoms with Gasteiger partial charge in [-0.2, -0.15) is 5.10 Å². The summed E-state index contributed by atoms with van der Waals surface area (Å²) in [6, 6.07) is 14.8. The van der Waals surface area contributed by atoms with Crippen LogP contribution in [0, 0.1) is 0 Å². The van der Waals surface area contributed by atoms with Crippen molar-refractivity contribution in [2.24, 2.45) is 10.7 Å². The van der Waals surface area contributed by atoms with Gasteiger partial charge in [-0.3, -0.25) is 10.1 Å². The number of aromatic amines is 2. The molecule has 0 radical (unpaired) electrons. The highest BCUT2D eigenvalue weighted by Gasteiger charge is 2.25. The lowest BCUT2D eigenvalue weighted by molar-refractivity contribution is 0.256. The Bertz CT molecular complexity index is 1760. The Morgan fingerprint density at radius 1 is 1.13 bits per heavy atom. The van der Waals surface area contributed by atoms with Crippen LogP contribution in [0.25, 0.3) is 55.0 Å². The van der Waals surface area contributed by atoms with Crippen molar-refractivity contribution in [3.05, 3.63) is 84.4 Å². The third-order valence-corrected chi connectivity index (χ3v) is 8.10. The second kappa shape index (κ2) is 9.55. The molecule has 7 nitrogen and oxygen atoms in total. The van der Waals surface area contributed by atoms with Crippen LogP contribution in [0.5, 0.6) is 0 Å². The van der Waals surface area contributed by atoms with Crippen LogP contribution < -0.4 is 5.73 Å². The van der Waals surface area contributed by atoms with E-state index >= 15 is 0 Å². The van der Waals surface area contributed by atoms with Crippen LogP contribution in [-0.4, -0.2) is 50.0 Å². The van der Waals surface area contributed by atoms with Crippen molar-refractivity contribution in [3.8, 4) is 22.0 Å². The maximum atomic E-state index is 5.98. The number of benzene rings is 1. The van der Waals surface area contributed by atoms with Gasteiger partial charge in [0.2, 0.25) is 0 Å². The predicted molar refractivity (Wildman–Crippen MR) is 160 cm³/mol. The highest BCUT2D eigenvalue weighted by atomic mass is 32.1. The van der Waals surface area contributed by atoms with Gasteiger partial charge in [0.05, 0.1) is 27.5 Å². The molecule has 0 amide bonds. The molecule has 6 rings (SSSR count). The smallest absolute Gasteiger partial charge is 0.128 e. The van der Waals surface area contributed by atoms with E-state index in [0.717, 1.165) is 79.5 Å². The number of likely N-dealkylation sites (tertiary alicyclic amines) is 1. The average molecular weight is 520 g/mol. The lowest BCUT2D eigenvalue weighted by Crippen LogP contribution is -2.57. The van der Waals surface area contributed by atoms with E-state index in [9.17, 15) is 0 Å². The Labute approximate surface area is 225 Å². The molecular formula is C30H29N7S. The molecule has 1 saturated heterocycles. The molecule has 1 fully saturated rings. The highest BCUT2D eigenvalue weighted by molar-refractivity contribution is 7.16. The van der Waals surface area contributed by atoms with Crippen molar-refractivity contribution in [1.82, 2.24) is 25.1 Å². The first-order valence-electron chi connectivity index (χ1n) is 12.6. The summed E-state index contributed by atoms with van der Waals surface area (Å²) in [5.74, 6) is 0.839. The number of thiophene rings is 1. The fourth-order valence-electron chi connectivity index (χ4n) is 4.82. The summed E-state index contributed by atoms with van der Waals surface area (Å²) in [5.41, 5.74) is 13.6. The number of nitrogens with zero attached hydrogens (tertiary/aromatic N) is 4. The van der Waals surface area contributed by atoms with E-state index in [1.54, 1.807) is 17.4 Å². The minimum absolute atomic E-state index is 0.194. The van der Waals surface area contributed by atoms with Gasteiger partial charge in [-0.15, -0.1) is 11.3 Å². The molecule has 38 heavy (non-hydrogen) atoms. The summed E-state index contributed by atoms with van der Waals surface area (Å²) in [4.78, 5) is 17.6. The Kier molecular flexibility index (Phi) is 6.06. The minimum Gasteiger partial charge on any atom is -0.353 e. The number of fused-ring (bicyclic) bond motifs is 2. The van der Waals surface area contributed by atoms with Crippen LogP contribution in [0.1, 0.15) is 24.3 Å². The second-order valence-corrected chi connectivity index (χ2v) is 10.7. The molecule has 8 heteroatoms. The van der Waals surface area contributed by atoms with Crippen molar-refractivity contribution in [2.45, 2.75) is 19.9 Å². The molecule has 4 N–H and O–H groups in total. The number of aliphatic imine (C=N–C) groups is 1. The van der Waals surface area contributed by atoms with Crippen molar-refractivity contribution in [3.63, 3.8) is 0 Å². The number of amidine groups is 1. The Balaban J connectivity index is 1.40. The van der Waals surface area contributed by atoms with Gasteiger partial charge in [-0.05, 0) is 61.9 Å². The zero-order chi connectivity index (χ0) is 26.4. The van der Waals surface area contributed by atoms with E-state index in [-0.39, 0.29) is 6.04 Å². The first-order valence-corrected chi connectivity index (χ1v) is 13.4. The van der Waals surface area contributed by atoms with Crippen molar-refractivity contribution >= 4 is 50.2 Å². The summed E-state index contributed by atoms with van der Waals surface area (Å²) >= 11 is 1.71. The molecule has 190 valence electrons. The van der Waals surface area contributed by atoms with Crippen LogP contribution in [0.15, 0.2) is 79.0 Å². The molecule has 5 heterocycles. The third-order valence-electron chi connectivity index (χ3n) is 6.85. The molecule has 1 aliphatic rings. The van der Waals surface area contributed by atoms with Crippen LogP contribution in [0.3, 0.4) is 0 Å². The van der Waals surface area contributed by atoms with Gasteiger partial charge in [-0.1, -0.05) is 25.3 Å². The van der Waals surface area contributed by atoms with E-state index in [0.29, 0.717) is 0 Å². The number of hydrogen-bond acceptors (Lipinski definition) is 5. The van der Waals surface area contributed by atoms with Crippen molar-refractivity contribution < 1.29 is 0 Å². The van der Waals surface area contributed by atoms with Gasteiger partial charge in [0.15, 0.2) is 0 Å². The molecule has 4 aromatic heterocycles. The van der Waals surface area contributed by atoms with Crippen LogP contribution in [-0.2, 0) is 0 Å². The summed E-state index contributed by atoms with van der Waals surface area (Å²) < 4.78 is 0. The number of hydrogen-bond donors (Lipinski definition) is 3. The lowest BCUT2D eigenvalue weighted by Gasteiger charge is -2.38. The SMILES string of the molecule is C=CC(=N/C(=C\C)c1ccc2[nH]nc(-c3cc4c(-c5ccc(C(=C)C)s5)nccc4[nH]3)c2c1)N1CC(N)C1. The molecule has 5 aromatic rings. The molecule has 0 bridgehead atoms. The maximum Gasteiger partial charge on any atom is 0.128 e. The standard InChI is InChI=1S/C30H29N7S/c1-5-22(34-28(6-2)37-15-19(31)16-37)18-7-8-24-20(13-18)29(36-35-24)25-14-21-23(33-25)11-12-32-30(21)27-10-9-26(38-27)17(3)4/h5-14,19,33H,2-3,15-16,31H2,1,4H3,(H,35,36)/b22-5-,34-28?. The van der Waals surface area contributed by atoms with Gasteiger partial charge < -0.3 is 15.6 Å². The maximum absolute atomic E-state index is 5.98. The molecule has 1 aliphatic heterocycles. The van der Waals surface area contributed by atoms with Gasteiger partial charge in [0.25, 0.3) is 0 Å². The van der Waals surface area contributed by atoms with Crippen LogP contribution >= 0.6 is 11.3 Å². The fourth-order valence-corrected chi connectivity index (χ4v) is 5.76. The summed E-state index contributed by atoms with van der Waals surface area (Å²) in [6.07, 6.45) is 5.66. The zero-order valence-corrected chi connectivity index (χ0v) is 22.3. The first kappa shape index (κ1) is 24.1. The number of aromatic nitrogens is 4. The highest BCUT2D eigenvalue weighted by Crippen LogP contribution is 2.37. The number of nitrogens with one attached hydrogen (secondary N) is 2. The molecule has 0 unspecified atom stereocenters. The van der Waals surface area contributed by atoms with Gasteiger partial charge >= 0.3 is 0 Å². The quantitative estimate of drug-likeness (QED) is 0.177. The van der Waals surface area contributed by atoms with E-state index in [1.165, 1.54) is 4.88 Å². The minimum atomic E-state index is 0.194. The first-order chi connectivity index (χ1) is 18.4. The second-order valence-electron chi connectivity index (χ2n) is 9.59. The molecule has 0 spiro atoms. The average Bonchev–Trinajstić information content (AvgIpc) is 3.65.